The van der Waals surface area contributed by atoms with Gasteiger partial charge in [-0.3, -0.25) is 4.79 Å². The fourth-order valence-corrected chi connectivity index (χ4v) is 2.77. The normalized spacial score (nSPS) is 15.2. The highest BCUT2D eigenvalue weighted by atomic mass is 32.1. The molecule has 3 heteroatoms. The van der Waals surface area contributed by atoms with E-state index in [-0.39, 0.29) is 0 Å². The molecule has 1 aromatic rings. The summed E-state index contributed by atoms with van der Waals surface area (Å²) >= 11 is 1.74. The second kappa shape index (κ2) is 5.67. The lowest BCUT2D eigenvalue weighted by Crippen LogP contribution is -2.36. The maximum absolute atomic E-state index is 12.2. The molecular formula is C14H21NOS. The molecule has 0 spiro atoms. The highest BCUT2D eigenvalue weighted by Crippen LogP contribution is 2.28. The van der Waals surface area contributed by atoms with Crippen LogP contribution in [0.25, 0.3) is 0 Å². The zero-order chi connectivity index (χ0) is 12.3. The number of carbonyl (C=O) groups is 1. The fourth-order valence-electron chi connectivity index (χ4n) is 2.06. The average molecular weight is 251 g/mol. The smallest absolute Gasteiger partial charge is 0.223 e. The molecule has 0 aromatic carbocycles. The van der Waals surface area contributed by atoms with Gasteiger partial charge in [-0.1, -0.05) is 19.9 Å². The van der Waals surface area contributed by atoms with Crippen molar-refractivity contribution >= 4 is 17.2 Å². The van der Waals surface area contributed by atoms with Crippen LogP contribution in [0.3, 0.4) is 0 Å². The highest BCUT2D eigenvalue weighted by Gasteiger charge is 2.32. The molecule has 1 aliphatic carbocycles. The number of rotatable bonds is 6. The van der Waals surface area contributed by atoms with Crippen LogP contribution < -0.4 is 0 Å². The van der Waals surface area contributed by atoms with Gasteiger partial charge in [-0.05, 0) is 36.6 Å². The number of nitrogens with zero attached hydrogens (tertiary/aromatic N) is 1. The van der Waals surface area contributed by atoms with Gasteiger partial charge in [0.15, 0.2) is 0 Å². The van der Waals surface area contributed by atoms with E-state index in [0.717, 1.165) is 13.0 Å². The van der Waals surface area contributed by atoms with Crippen molar-refractivity contribution in [2.75, 3.05) is 6.54 Å². The van der Waals surface area contributed by atoms with Gasteiger partial charge in [0.05, 0.1) is 0 Å². The van der Waals surface area contributed by atoms with Crippen LogP contribution in [0, 0.1) is 5.92 Å². The van der Waals surface area contributed by atoms with Crippen LogP contribution in [0.2, 0.25) is 0 Å². The largest absolute Gasteiger partial charge is 0.339 e. The molecule has 94 valence electrons. The van der Waals surface area contributed by atoms with Crippen molar-refractivity contribution in [3.8, 4) is 0 Å². The van der Waals surface area contributed by atoms with Gasteiger partial charge in [0.1, 0.15) is 0 Å². The van der Waals surface area contributed by atoms with Crippen LogP contribution in [-0.4, -0.2) is 23.4 Å². The zero-order valence-corrected chi connectivity index (χ0v) is 11.5. The number of amides is 1. The standard InChI is InChI=1S/C14H21NOS/c1-11(2)10-15(12-5-6-12)14(16)8-7-13-4-3-9-17-13/h3-4,9,11-12H,5-8,10H2,1-2H3. The molecule has 1 saturated carbocycles. The molecule has 0 bridgehead atoms. The summed E-state index contributed by atoms with van der Waals surface area (Å²) in [7, 11) is 0. The van der Waals surface area contributed by atoms with E-state index in [1.54, 1.807) is 11.3 Å². The number of thiophene rings is 1. The lowest BCUT2D eigenvalue weighted by atomic mass is 10.1. The molecule has 1 amide bonds. The number of aryl methyl sites for hydroxylation is 1. The van der Waals surface area contributed by atoms with E-state index in [4.69, 9.17) is 0 Å². The van der Waals surface area contributed by atoms with Crippen molar-refractivity contribution in [2.45, 2.75) is 45.6 Å². The SMILES string of the molecule is CC(C)CN(C(=O)CCc1cccs1)C1CC1. The van der Waals surface area contributed by atoms with Gasteiger partial charge in [-0.25, -0.2) is 0 Å². The van der Waals surface area contributed by atoms with Gasteiger partial charge in [-0.15, -0.1) is 11.3 Å². The molecular weight excluding hydrogens is 230 g/mol. The Kier molecular flexibility index (Phi) is 4.21. The summed E-state index contributed by atoms with van der Waals surface area (Å²) in [5.74, 6) is 0.913. The lowest BCUT2D eigenvalue weighted by Gasteiger charge is -2.24. The van der Waals surface area contributed by atoms with E-state index in [1.807, 2.05) is 0 Å². The van der Waals surface area contributed by atoms with E-state index < -0.39 is 0 Å². The molecule has 17 heavy (non-hydrogen) atoms. The summed E-state index contributed by atoms with van der Waals surface area (Å²) in [6.07, 6.45) is 3.98. The van der Waals surface area contributed by atoms with Gasteiger partial charge in [-0.2, -0.15) is 0 Å². The Bertz CT molecular complexity index is 354. The fraction of sp³-hybridized carbons (Fsp3) is 0.643. The summed E-state index contributed by atoms with van der Waals surface area (Å²) in [6.45, 7) is 5.29. The van der Waals surface area contributed by atoms with E-state index in [9.17, 15) is 4.79 Å². The van der Waals surface area contributed by atoms with E-state index >= 15 is 0 Å². The molecule has 2 rings (SSSR count). The Labute approximate surface area is 108 Å². The van der Waals surface area contributed by atoms with Crippen LogP contribution in [0.15, 0.2) is 17.5 Å². The van der Waals surface area contributed by atoms with E-state index in [1.165, 1.54) is 17.7 Å². The number of hydrogen-bond donors (Lipinski definition) is 0. The van der Waals surface area contributed by atoms with Crippen molar-refractivity contribution < 1.29 is 4.79 Å². The van der Waals surface area contributed by atoms with Gasteiger partial charge < -0.3 is 4.90 Å². The molecule has 0 saturated heterocycles. The predicted octanol–water partition coefficient (Wildman–Crippen LogP) is 3.33. The lowest BCUT2D eigenvalue weighted by molar-refractivity contribution is -0.132. The van der Waals surface area contributed by atoms with Gasteiger partial charge in [0, 0.05) is 23.9 Å². The minimum absolute atomic E-state index is 0.342. The predicted molar refractivity (Wildman–Crippen MR) is 72.2 cm³/mol. The molecule has 0 aliphatic heterocycles. The highest BCUT2D eigenvalue weighted by molar-refractivity contribution is 7.09. The van der Waals surface area contributed by atoms with Crippen molar-refractivity contribution in [2.24, 2.45) is 5.92 Å². The summed E-state index contributed by atoms with van der Waals surface area (Å²) in [5.41, 5.74) is 0. The number of hydrogen-bond acceptors (Lipinski definition) is 2. The Hall–Kier alpha value is -0.830. The Morgan fingerprint density at radius 3 is 2.82 bits per heavy atom. The quantitative estimate of drug-likeness (QED) is 0.759. The molecule has 0 unspecified atom stereocenters. The van der Waals surface area contributed by atoms with Gasteiger partial charge >= 0.3 is 0 Å². The molecule has 1 heterocycles. The minimum Gasteiger partial charge on any atom is -0.339 e. The second-order valence-corrected chi connectivity index (χ2v) is 6.28. The number of carbonyl (C=O) groups excluding carboxylic acids is 1. The van der Waals surface area contributed by atoms with Crippen molar-refractivity contribution in [3.63, 3.8) is 0 Å². The van der Waals surface area contributed by atoms with E-state index in [2.05, 4.69) is 36.3 Å². The first kappa shape index (κ1) is 12.6. The third kappa shape index (κ3) is 3.84. The van der Waals surface area contributed by atoms with Crippen molar-refractivity contribution in [1.29, 1.82) is 0 Å². The monoisotopic (exact) mass is 251 g/mol. The molecule has 1 aromatic heterocycles. The Morgan fingerprint density at radius 2 is 2.29 bits per heavy atom. The average Bonchev–Trinajstić information content (AvgIpc) is 2.99. The Balaban J connectivity index is 1.83. The minimum atomic E-state index is 0.342. The first-order valence-electron chi connectivity index (χ1n) is 6.48. The molecule has 2 nitrogen and oxygen atoms in total. The second-order valence-electron chi connectivity index (χ2n) is 5.25. The third-order valence-corrected chi connectivity index (χ3v) is 3.97. The maximum atomic E-state index is 12.2. The zero-order valence-electron chi connectivity index (χ0n) is 10.7. The molecule has 0 N–H and O–H groups in total. The van der Waals surface area contributed by atoms with Crippen LogP contribution in [0.1, 0.15) is 38.0 Å². The summed E-state index contributed by atoms with van der Waals surface area (Å²) < 4.78 is 0. The topological polar surface area (TPSA) is 20.3 Å². The Morgan fingerprint density at radius 1 is 1.53 bits per heavy atom. The molecule has 0 atom stereocenters. The van der Waals surface area contributed by atoms with Crippen LogP contribution in [-0.2, 0) is 11.2 Å². The van der Waals surface area contributed by atoms with Crippen LogP contribution in [0.5, 0.6) is 0 Å². The molecule has 1 aliphatic rings. The first-order chi connectivity index (χ1) is 8.16. The summed E-state index contributed by atoms with van der Waals surface area (Å²) in [4.78, 5) is 15.6. The maximum Gasteiger partial charge on any atom is 0.223 e. The summed E-state index contributed by atoms with van der Waals surface area (Å²) in [6, 6.07) is 4.72. The van der Waals surface area contributed by atoms with Gasteiger partial charge in [0.25, 0.3) is 0 Å². The third-order valence-electron chi connectivity index (χ3n) is 3.04. The van der Waals surface area contributed by atoms with Gasteiger partial charge in [0.2, 0.25) is 5.91 Å². The van der Waals surface area contributed by atoms with Crippen molar-refractivity contribution in [3.05, 3.63) is 22.4 Å². The van der Waals surface area contributed by atoms with E-state index in [0.29, 0.717) is 24.3 Å². The van der Waals surface area contributed by atoms with Crippen LogP contribution >= 0.6 is 11.3 Å². The molecule has 0 radical (unpaired) electrons. The first-order valence-corrected chi connectivity index (χ1v) is 7.36. The van der Waals surface area contributed by atoms with Crippen LogP contribution in [0.4, 0.5) is 0 Å². The summed E-state index contributed by atoms with van der Waals surface area (Å²) in [5, 5.41) is 2.08. The van der Waals surface area contributed by atoms with Crippen molar-refractivity contribution in [1.82, 2.24) is 4.90 Å². The molecule has 1 fully saturated rings.